The number of likely N-dealkylation sites (tertiary alicyclic amines) is 1. The minimum Gasteiger partial charge on any atom is -0.480 e. The van der Waals surface area contributed by atoms with Crippen molar-refractivity contribution in [1.82, 2.24) is 4.90 Å². The molecule has 0 bridgehead atoms. The van der Waals surface area contributed by atoms with Crippen molar-refractivity contribution in [2.24, 2.45) is 0 Å². The number of benzene rings is 1. The maximum atomic E-state index is 12.4. The summed E-state index contributed by atoms with van der Waals surface area (Å²) in [5.41, 5.74) is 1.46. The van der Waals surface area contributed by atoms with Crippen LogP contribution in [0.4, 0.5) is 0 Å². The Labute approximate surface area is 124 Å². The van der Waals surface area contributed by atoms with Gasteiger partial charge in [0, 0.05) is 16.5 Å². The smallest absolute Gasteiger partial charge is 0.326 e. The first-order valence-corrected chi connectivity index (χ1v) is 6.96. The Bertz CT molecular complexity index is 531. The highest BCUT2D eigenvalue weighted by Crippen LogP contribution is 2.24. The Kier molecular flexibility index (Phi) is 4.10. The zero-order valence-corrected chi connectivity index (χ0v) is 12.5. The Morgan fingerprint density at radius 3 is 2.74 bits per heavy atom. The molecule has 0 spiro atoms. The topological polar surface area (TPSA) is 77.8 Å². The van der Waals surface area contributed by atoms with Gasteiger partial charge in [-0.15, -0.1) is 0 Å². The van der Waals surface area contributed by atoms with Gasteiger partial charge >= 0.3 is 5.97 Å². The minimum absolute atomic E-state index is 0.0693. The zero-order chi connectivity index (χ0) is 14.2. The molecular weight excluding hydrogens is 361 g/mol. The van der Waals surface area contributed by atoms with Crippen LogP contribution in [0.2, 0.25) is 0 Å². The predicted molar refractivity (Wildman–Crippen MR) is 77.0 cm³/mol. The lowest BCUT2D eigenvalue weighted by molar-refractivity contribution is -0.141. The molecule has 19 heavy (non-hydrogen) atoms. The van der Waals surface area contributed by atoms with Gasteiger partial charge in [0.05, 0.1) is 11.7 Å². The molecule has 0 aromatic heterocycles. The summed E-state index contributed by atoms with van der Waals surface area (Å²) in [6.07, 6.45) is -0.684. The van der Waals surface area contributed by atoms with Gasteiger partial charge in [0.25, 0.3) is 5.91 Å². The predicted octanol–water partition coefficient (Wildman–Crippen LogP) is 1.26. The van der Waals surface area contributed by atoms with Gasteiger partial charge in [-0.25, -0.2) is 4.79 Å². The number of carboxylic acid groups (broad SMARTS) is 1. The van der Waals surface area contributed by atoms with Gasteiger partial charge in [-0.05, 0) is 41.1 Å². The van der Waals surface area contributed by atoms with Gasteiger partial charge in [-0.1, -0.05) is 12.1 Å². The number of hydrogen-bond donors (Lipinski definition) is 2. The third-order valence-corrected chi connectivity index (χ3v) is 4.68. The number of amides is 1. The van der Waals surface area contributed by atoms with Crippen molar-refractivity contribution in [2.75, 3.05) is 6.54 Å². The van der Waals surface area contributed by atoms with Crippen molar-refractivity contribution in [3.05, 3.63) is 32.9 Å². The summed E-state index contributed by atoms with van der Waals surface area (Å²) in [6.45, 7) is 1.96. The van der Waals surface area contributed by atoms with Gasteiger partial charge in [0.2, 0.25) is 0 Å². The molecule has 2 N–H and O–H groups in total. The molecule has 1 aliphatic rings. The van der Waals surface area contributed by atoms with Crippen LogP contribution in [0.1, 0.15) is 22.3 Å². The summed E-state index contributed by atoms with van der Waals surface area (Å²) >= 11 is 2.08. The van der Waals surface area contributed by atoms with E-state index in [0.717, 1.165) is 9.13 Å². The van der Waals surface area contributed by atoms with Crippen LogP contribution >= 0.6 is 22.6 Å². The number of aliphatic hydroxyl groups is 1. The molecule has 6 heteroatoms. The fourth-order valence-corrected chi connectivity index (χ4v) is 2.83. The van der Waals surface area contributed by atoms with Crippen LogP contribution in [0.15, 0.2) is 18.2 Å². The number of β-amino-alcohol motifs (C(OH)–C–C–N with tert-alkyl or cyclic N) is 1. The highest BCUT2D eigenvalue weighted by Gasteiger charge is 2.39. The number of rotatable bonds is 2. The molecule has 1 fully saturated rings. The van der Waals surface area contributed by atoms with E-state index in [1.807, 2.05) is 13.0 Å². The lowest BCUT2D eigenvalue weighted by Crippen LogP contribution is -2.40. The average molecular weight is 375 g/mol. The Morgan fingerprint density at radius 1 is 1.42 bits per heavy atom. The van der Waals surface area contributed by atoms with E-state index in [-0.39, 0.29) is 18.9 Å². The first-order valence-electron chi connectivity index (χ1n) is 5.88. The summed E-state index contributed by atoms with van der Waals surface area (Å²) in [5, 5.41) is 18.7. The van der Waals surface area contributed by atoms with Crippen molar-refractivity contribution >= 4 is 34.5 Å². The summed E-state index contributed by atoms with van der Waals surface area (Å²) in [6, 6.07) is 4.40. The average Bonchev–Trinajstić information content (AvgIpc) is 2.74. The highest BCUT2D eigenvalue weighted by molar-refractivity contribution is 14.1. The van der Waals surface area contributed by atoms with Crippen molar-refractivity contribution in [1.29, 1.82) is 0 Å². The van der Waals surface area contributed by atoms with Crippen LogP contribution in [0.3, 0.4) is 0 Å². The fraction of sp³-hybridized carbons (Fsp3) is 0.385. The second kappa shape index (κ2) is 5.46. The molecule has 0 saturated carbocycles. The molecule has 5 nitrogen and oxygen atoms in total. The number of hydrogen-bond acceptors (Lipinski definition) is 3. The van der Waals surface area contributed by atoms with E-state index in [1.165, 1.54) is 4.90 Å². The third kappa shape index (κ3) is 2.74. The Balaban J connectivity index is 2.33. The van der Waals surface area contributed by atoms with Gasteiger partial charge < -0.3 is 15.1 Å². The molecule has 1 aromatic rings. The van der Waals surface area contributed by atoms with E-state index in [4.69, 9.17) is 5.11 Å². The quantitative estimate of drug-likeness (QED) is 0.764. The molecule has 0 unspecified atom stereocenters. The van der Waals surface area contributed by atoms with E-state index >= 15 is 0 Å². The first-order chi connectivity index (χ1) is 8.91. The van der Waals surface area contributed by atoms with E-state index in [1.54, 1.807) is 12.1 Å². The Hall–Kier alpha value is -1.15. The van der Waals surface area contributed by atoms with Gasteiger partial charge in [-0.3, -0.25) is 4.79 Å². The van der Waals surface area contributed by atoms with E-state index in [2.05, 4.69) is 22.6 Å². The number of aliphatic carboxylic acids is 1. The van der Waals surface area contributed by atoms with Crippen LogP contribution in [-0.4, -0.2) is 45.7 Å². The number of carbonyl (C=O) groups excluding carboxylic acids is 1. The molecule has 2 atom stereocenters. The van der Waals surface area contributed by atoms with E-state index < -0.39 is 18.1 Å². The molecule has 1 aromatic carbocycles. The van der Waals surface area contributed by atoms with Crippen LogP contribution in [0, 0.1) is 10.5 Å². The van der Waals surface area contributed by atoms with Crippen molar-refractivity contribution < 1.29 is 19.8 Å². The molecular formula is C13H14INO4. The van der Waals surface area contributed by atoms with Crippen molar-refractivity contribution in [2.45, 2.75) is 25.5 Å². The maximum Gasteiger partial charge on any atom is 0.326 e. The molecule has 102 valence electrons. The number of aryl methyl sites for hydroxylation is 1. The number of aliphatic hydroxyl groups excluding tert-OH is 1. The fourth-order valence-electron chi connectivity index (χ4n) is 2.24. The minimum atomic E-state index is -1.08. The third-order valence-electron chi connectivity index (χ3n) is 3.25. The summed E-state index contributed by atoms with van der Waals surface area (Å²) in [5.74, 6) is -1.41. The summed E-state index contributed by atoms with van der Waals surface area (Å²) in [4.78, 5) is 24.8. The second-order valence-electron chi connectivity index (χ2n) is 4.64. The summed E-state index contributed by atoms with van der Waals surface area (Å²) in [7, 11) is 0. The molecule has 0 radical (unpaired) electrons. The van der Waals surface area contributed by atoms with Gasteiger partial charge in [0.1, 0.15) is 6.04 Å². The Morgan fingerprint density at radius 2 is 2.11 bits per heavy atom. The molecule has 1 saturated heterocycles. The van der Waals surface area contributed by atoms with E-state index in [0.29, 0.717) is 5.56 Å². The monoisotopic (exact) mass is 375 g/mol. The maximum absolute atomic E-state index is 12.4. The molecule has 0 aliphatic carbocycles. The SMILES string of the molecule is Cc1cccc(C(=O)N2C[C@H](O)C[C@H]2C(=O)O)c1I. The number of carbonyl (C=O) groups is 2. The molecule has 1 amide bonds. The lowest BCUT2D eigenvalue weighted by atomic mass is 10.1. The van der Waals surface area contributed by atoms with Crippen LogP contribution in [0.25, 0.3) is 0 Å². The molecule has 2 rings (SSSR count). The van der Waals surface area contributed by atoms with Gasteiger partial charge in [0.15, 0.2) is 0 Å². The van der Waals surface area contributed by atoms with E-state index in [9.17, 15) is 14.7 Å². The standard InChI is InChI=1S/C13H14INO4/c1-7-3-2-4-9(11(7)14)12(17)15-6-8(16)5-10(15)13(18)19/h2-4,8,10,16H,5-6H2,1H3,(H,18,19)/t8-,10+/m1/s1. The van der Waals surface area contributed by atoms with Crippen LogP contribution < -0.4 is 0 Å². The second-order valence-corrected chi connectivity index (χ2v) is 5.72. The van der Waals surface area contributed by atoms with Crippen molar-refractivity contribution in [3.8, 4) is 0 Å². The van der Waals surface area contributed by atoms with Crippen LogP contribution in [-0.2, 0) is 4.79 Å². The number of halogens is 1. The van der Waals surface area contributed by atoms with Gasteiger partial charge in [-0.2, -0.15) is 0 Å². The lowest BCUT2D eigenvalue weighted by Gasteiger charge is -2.22. The number of carboxylic acids is 1. The first kappa shape index (κ1) is 14.3. The largest absolute Gasteiger partial charge is 0.480 e. The normalized spacial score (nSPS) is 22.6. The van der Waals surface area contributed by atoms with Crippen molar-refractivity contribution in [3.63, 3.8) is 0 Å². The molecule has 1 heterocycles. The van der Waals surface area contributed by atoms with Crippen LogP contribution in [0.5, 0.6) is 0 Å². The number of nitrogens with zero attached hydrogens (tertiary/aromatic N) is 1. The highest BCUT2D eigenvalue weighted by atomic mass is 127. The summed E-state index contributed by atoms with van der Waals surface area (Å²) < 4.78 is 0.815. The zero-order valence-electron chi connectivity index (χ0n) is 10.3. The molecule has 1 aliphatic heterocycles.